The molecular weight excluding hydrogens is 270 g/mol. The minimum Gasteiger partial charge on any atom is -0.478 e. The van der Waals surface area contributed by atoms with E-state index in [0.29, 0.717) is 17.5 Å². The lowest BCUT2D eigenvalue weighted by molar-refractivity contribution is -0.385. The number of carbonyl (C=O) groups is 2. The Hall–Kier alpha value is -1.89. The normalized spacial score (nSPS) is 10.2. The van der Waals surface area contributed by atoms with Gasteiger partial charge in [-0.05, 0) is 18.1 Å². The average molecular weight is 283 g/mol. The van der Waals surface area contributed by atoms with Crippen molar-refractivity contribution in [3.63, 3.8) is 0 Å². The molecule has 6 nitrogen and oxygen atoms in total. The van der Waals surface area contributed by atoms with Gasteiger partial charge < -0.3 is 5.11 Å². The van der Waals surface area contributed by atoms with Crippen molar-refractivity contribution < 1.29 is 19.6 Å². The van der Waals surface area contributed by atoms with Gasteiger partial charge in [-0.15, -0.1) is 0 Å². The first-order chi connectivity index (χ1) is 8.88. The summed E-state index contributed by atoms with van der Waals surface area (Å²) in [5, 5.41) is 19.9. The molecule has 1 aromatic rings. The Balaban J connectivity index is 3.40. The monoisotopic (exact) mass is 283 g/mol. The van der Waals surface area contributed by atoms with Crippen molar-refractivity contribution in [2.75, 3.05) is 0 Å². The molecule has 0 radical (unpaired) electrons. The van der Waals surface area contributed by atoms with Gasteiger partial charge in [-0.3, -0.25) is 14.9 Å². The lowest BCUT2D eigenvalue weighted by Gasteiger charge is -2.11. The molecule has 0 saturated heterocycles. The molecule has 0 spiro atoms. The van der Waals surface area contributed by atoms with Crippen molar-refractivity contribution in [3.05, 3.63) is 38.9 Å². The maximum atomic E-state index is 11.2. The lowest BCUT2D eigenvalue weighted by Crippen LogP contribution is -2.08. The number of thioether (sulfide) groups is 1. The Morgan fingerprint density at radius 1 is 1.37 bits per heavy atom. The predicted octanol–water partition coefficient (Wildman–Crippen LogP) is 2.64. The Morgan fingerprint density at radius 3 is 2.42 bits per heavy atom. The van der Waals surface area contributed by atoms with Gasteiger partial charge in [-0.2, -0.15) is 0 Å². The maximum Gasteiger partial charge on any atom is 0.336 e. The topological polar surface area (TPSA) is 97.5 Å². The Kier molecular flexibility index (Phi) is 5.05. The Bertz CT molecular complexity index is 541. The Labute approximate surface area is 114 Å². The smallest absolute Gasteiger partial charge is 0.336 e. The number of carbonyl (C=O) groups excluding carboxylic acids is 1. The van der Waals surface area contributed by atoms with E-state index in [1.54, 1.807) is 6.92 Å². The van der Waals surface area contributed by atoms with E-state index in [2.05, 4.69) is 0 Å². The zero-order valence-corrected chi connectivity index (χ0v) is 11.3. The molecular formula is C12H13NO5S. The molecule has 0 aromatic heterocycles. The molecule has 1 N–H and O–H groups in total. The van der Waals surface area contributed by atoms with Crippen LogP contribution in [-0.2, 0) is 17.0 Å². The number of carboxylic acid groups (broad SMARTS) is 1. The number of benzene rings is 1. The largest absolute Gasteiger partial charge is 0.478 e. The first-order valence-electron chi connectivity index (χ1n) is 5.54. The summed E-state index contributed by atoms with van der Waals surface area (Å²) in [4.78, 5) is 32.6. The SMILES string of the molecule is CCc1c([N+](=O)[O-])ccc(C(=O)O)c1CSC(C)=O. The number of nitro benzene ring substituents is 1. The molecule has 0 aliphatic heterocycles. The van der Waals surface area contributed by atoms with Gasteiger partial charge in [-0.1, -0.05) is 18.7 Å². The summed E-state index contributed by atoms with van der Waals surface area (Å²) < 4.78 is 0. The van der Waals surface area contributed by atoms with Crippen LogP contribution >= 0.6 is 11.8 Å². The second-order valence-corrected chi connectivity index (χ2v) is 4.94. The van der Waals surface area contributed by atoms with Crippen LogP contribution in [-0.4, -0.2) is 21.1 Å². The molecule has 1 aromatic carbocycles. The van der Waals surface area contributed by atoms with E-state index in [-0.39, 0.29) is 22.1 Å². The van der Waals surface area contributed by atoms with Crippen LogP contribution in [0.5, 0.6) is 0 Å². The second-order valence-electron chi connectivity index (χ2n) is 3.79. The summed E-state index contributed by atoms with van der Waals surface area (Å²) in [6, 6.07) is 2.42. The molecule has 0 saturated carbocycles. The highest BCUT2D eigenvalue weighted by Gasteiger charge is 2.22. The molecule has 0 atom stereocenters. The fourth-order valence-corrected chi connectivity index (χ4v) is 2.46. The van der Waals surface area contributed by atoms with Gasteiger partial charge in [0.05, 0.1) is 10.5 Å². The zero-order valence-electron chi connectivity index (χ0n) is 10.5. The fraction of sp³-hybridized carbons (Fsp3) is 0.333. The third kappa shape index (κ3) is 3.54. The predicted molar refractivity (Wildman–Crippen MR) is 71.4 cm³/mol. The summed E-state index contributed by atoms with van der Waals surface area (Å²) in [7, 11) is 0. The standard InChI is InChI=1S/C12H13NO5S/c1-3-8-10(6-19-7(2)14)9(12(15)16)4-5-11(8)13(17)18/h4-5H,3,6H2,1-2H3,(H,15,16). The van der Waals surface area contributed by atoms with E-state index < -0.39 is 10.9 Å². The molecule has 0 aliphatic rings. The van der Waals surface area contributed by atoms with E-state index in [1.807, 2.05) is 0 Å². The quantitative estimate of drug-likeness (QED) is 0.659. The van der Waals surface area contributed by atoms with Gasteiger partial charge in [0.15, 0.2) is 5.12 Å². The molecule has 0 unspecified atom stereocenters. The van der Waals surface area contributed by atoms with Crippen LogP contribution in [0.3, 0.4) is 0 Å². The van der Waals surface area contributed by atoms with Crippen LogP contribution in [0, 0.1) is 10.1 Å². The number of rotatable bonds is 5. The number of nitrogens with zero attached hydrogens (tertiary/aromatic N) is 1. The van der Waals surface area contributed by atoms with E-state index in [9.17, 15) is 19.7 Å². The van der Waals surface area contributed by atoms with Crippen molar-refractivity contribution in [1.29, 1.82) is 0 Å². The molecule has 102 valence electrons. The lowest BCUT2D eigenvalue weighted by atomic mass is 9.98. The molecule has 0 fully saturated rings. The van der Waals surface area contributed by atoms with E-state index in [1.165, 1.54) is 19.1 Å². The van der Waals surface area contributed by atoms with Crippen molar-refractivity contribution in [2.24, 2.45) is 0 Å². The molecule has 0 heterocycles. The first kappa shape index (κ1) is 15.2. The molecule has 1 rings (SSSR count). The molecule has 19 heavy (non-hydrogen) atoms. The van der Waals surface area contributed by atoms with Gasteiger partial charge in [0, 0.05) is 24.3 Å². The molecule has 7 heteroatoms. The highest BCUT2D eigenvalue weighted by Crippen LogP contribution is 2.29. The maximum absolute atomic E-state index is 11.2. The van der Waals surface area contributed by atoms with Crippen LogP contribution in [0.25, 0.3) is 0 Å². The second kappa shape index (κ2) is 6.33. The van der Waals surface area contributed by atoms with Gasteiger partial charge in [0.1, 0.15) is 0 Å². The van der Waals surface area contributed by atoms with Crippen molar-refractivity contribution in [3.8, 4) is 0 Å². The van der Waals surface area contributed by atoms with Crippen molar-refractivity contribution in [1.82, 2.24) is 0 Å². The fourth-order valence-electron chi connectivity index (χ4n) is 1.79. The molecule has 0 amide bonds. The first-order valence-corrected chi connectivity index (χ1v) is 6.52. The van der Waals surface area contributed by atoms with Crippen LogP contribution in [0.4, 0.5) is 5.69 Å². The van der Waals surface area contributed by atoms with Gasteiger partial charge >= 0.3 is 5.97 Å². The summed E-state index contributed by atoms with van der Waals surface area (Å²) in [6.07, 6.45) is 0.339. The van der Waals surface area contributed by atoms with Gasteiger partial charge in [-0.25, -0.2) is 4.79 Å². The number of hydrogen-bond donors (Lipinski definition) is 1. The summed E-state index contributed by atoms with van der Waals surface area (Å²) in [5.41, 5.74) is 0.630. The van der Waals surface area contributed by atoms with E-state index >= 15 is 0 Å². The van der Waals surface area contributed by atoms with Crippen LogP contribution in [0.2, 0.25) is 0 Å². The number of hydrogen-bond acceptors (Lipinski definition) is 5. The highest BCUT2D eigenvalue weighted by molar-refractivity contribution is 8.12. The third-order valence-electron chi connectivity index (χ3n) is 2.61. The van der Waals surface area contributed by atoms with Crippen molar-refractivity contribution >= 4 is 28.5 Å². The minimum atomic E-state index is -1.15. The summed E-state index contributed by atoms with van der Waals surface area (Å²) in [6.45, 7) is 3.09. The van der Waals surface area contributed by atoms with E-state index in [4.69, 9.17) is 5.11 Å². The number of nitro groups is 1. The zero-order chi connectivity index (χ0) is 14.6. The van der Waals surface area contributed by atoms with E-state index in [0.717, 1.165) is 11.8 Å². The Morgan fingerprint density at radius 2 is 2.00 bits per heavy atom. The van der Waals surface area contributed by atoms with Gasteiger partial charge in [0.25, 0.3) is 5.69 Å². The molecule has 0 bridgehead atoms. The van der Waals surface area contributed by atoms with Crippen LogP contribution < -0.4 is 0 Å². The minimum absolute atomic E-state index is 0.0104. The summed E-state index contributed by atoms with van der Waals surface area (Å²) >= 11 is 0.941. The number of aromatic carboxylic acids is 1. The number of carboxylic acids is 1. The highest BCUT2D eigenvalue weighted by atomic mass is 32.2. The average Bonchev–Trinajstić information content (AvgIpc) is 2.34. The van der Waals surface area contributed by atoms with Crippen LogP contribution in [0.1, 0.15) is 35.3 Å². The third-order valence-corrected chi connectivity index (χ3v) is 3.45. The van der Waals surface area contributed by atoms with Crippen molar-refractivity contribution in [2.45, 2.75) is 26.0 Å². The summed E-state index contributed by atoms with van der Waals surface area (Å²) in [5.74, 6) is -1.02. The van der Waals surface area contributed by atoms with Gasteiger partial charge in [0.2, 0.25) is 0 Å². The van der Waals surface area contributed by atoms with Crippen LogP contribution in [0.15, 0.2) is 12.1 Å². The molecule has 0 aliphatic carbocycles.